The van der Waals surface area contributed by atoms with E-state index in [1.54, 1.807) is 0 Å². The molecule has 2 aromatic carbocycles. The fourth-order valence-electron chi connectivity index (χ4n) is 0.919. The van der Waals surface area contributed by atoms with Crippen LogP contribution >= 0.6 is 0 Å². The fraction of sp³-hybridized carbons (Fsp3) is 0.143. The van der Waals surface area contributed by atoms with Gasteiger partial charge in [-0.2, -0.15) is 0 Å². The average molecular weight is 186 g/mol. The molecule has 0 unspecified atom stereocenters. The van der Waals surface area contributed by atoms with Gasteiger partial charge in [0.2, 0.25) is 0 Å². The fourth-order valence-corrected chi connectivity index (χ4v) is 0.919. The zero-order valence-electron chi connectivity index (χ0n) is 7.85. The van der Waals surface area contributed by atoms with E-state index in [0.29, 0.717) is 0 Å². The minimum absolute atomic E-state index is 0. The van der Waals surface area contributed by atoms with Gasteiger partial charge in [0, 0.05) is 0 Å². The molecule has 0 heterocycles. The minimum Gasteiger partial charge on any atom is -0.0776 e. The molecule has 0 radical (unpaired) electrons. The third-order valence-electron chi connectivity index (χ3n) is 1.61. The van der Waals surface area contributed by atoms with Gasteiger partial charge in [-0.25, -0.2) is 0 Å². The molecule has 2 rings (SSSR count). The first kappa shape index (κ1) is 12.4. The van der Waals surface area contributed by atoms with Crippen LogP contribution in [0.15, 0.2) is 66.7 Å². The second-order valence-corrected chi connectivity index (χ2v) is 2.81. The van der Waals surface area contributed by atoms with E-state index in [1.165, 1.54) is 5.56 Å². The molecule has 0 saturated heterocycles. The summed E-state index contributed by atoms with van der Waals surface area (Å²) >= 11 is 0. The molecule has 0 aliphatic carbocycles. The lowest BCUT2D eigenvalue weighted by Gasteiger charge is -1.82. The molecule has 2 aromatic rings. The van der Waals surface area contributed by atoms with Gasteiger partial charge in [-0.1, -0.05) is 79.7 Å². The van der Waals surface area contributed by atoms with Gasteiger partial charge in [0.15, 0.2) is 0 Å². The van der Waals surface area contributed by atoms with E-state index in [0.717, 1.165) is 0 Å². The maximum atomic E-state index is 2.08. The highest BCUT2D eigenvalue weighted by Crippen LogP contribution is 1.92. The van der Waals surface area contributed by atoms with E-state index in [1.807, 2.05) is 54.6 Å². The summed E-state index contributed by atoms with van der Waals surface area (Å²) in [4.78, 5) is 0. The van der Waals surface area contributed by atoms with Crippen molar-refractivity contribution in [3.8, 4) is 0 Å². The van der Waals surface area contributed by atoms with Crippen LogP contribution in [0.3, 0.4) is 0 Å². The van der Waals surface area contributed by atoms with Gasteiger partial charge in [0.1, 0.15) is 0 Å². The van der Waals surface area contributed by atoms with Crippen molar-refractivity contribution in [3.05, 3.63) is 72.3 Å². The SMILES string of the molecule is C.Cc1ccccc1.c1ccccc1. The molecular weight excluding hydrogens is 168 g/mol. The second-order valence-electron chi connectivity index (χ2n) is 2.81. The molecule has 0 heteroatoms. The van der Waals surface area contributed by atoms with Crippen molar-refractivity contribution in [2.75, 3.05) is 0 Å². The summed E-state index contributed by atoms with van der Waals surface area (Å²) < 4.78 is 0. The number of aryl methyl sites for hydroxylation is 1. The van der Waals surface area contributed by atoms with Gasteiger partial charge < -0.3 is 0 Å². The Morgan fingerprint density at radius 1 is 0.571 bits per heavy atom. The molecule has 0 N–H and O–H groups in total. The number of rotatable bonds is 0. The molecule has 0 saturated carbocycles. The van der Waals surface area contributed by atoms with E-state index < -0.39 is 0 Å². The highest BCUT2D eigenvalue weighted by atomic mass is 13.8. The molecule has 0 spiro atoms. The lowest BCUT2D eigenvalue weighted by Crippen LogP contribution is -1.62. The van der Waals surface area contributed by atoms with E-state index in [9.17, 15) is 0 Å². The van der Waals surface area contributed by atoms with Crippen LogP contribution in [0.1, 0.15) is 13.0 Å². The van der Waals surface area contributed by atoms with Crippen molar-refractivity contribution in [1.82, 2.24) is 0 Å². The summed E-state index contributed by atoms with van der Waals surface area (Å²) in [6, 6.07) is 22.3. The first-order chi connectivity index (χ1) is 6.39. The van der Waals surface area contributed by atoms with Gasteiger partial charge in [-0.15, -0.1) is 0 Å². The molecular formula is C14H18. The molecule has 14 heavy (non-hydrogen) atoms. The van der Waals surface area contributed by atoms with Gasteiger partial charge in [0.25, 0.3) is 0 Å². The summed E-state index contributed by atoms with van der Waals surface area (Å²) in [7, 11) is 0. The number of hydrogen-bond donors (Lipinski definition) is 0. The number of benzene rings is 2. The molecule has 0 aliphatic rings. The van der Waals surface area contributed by atoms with Crippen molar-refractivity contribution in [3.63, 3.8) is 0 Å². The minimum atomic E-state index is 0. The highest BCUT2D eigenvalue weighted by Gasteiger charge is 1.72. The van der Waals surface area contributed by atoms with Crippen LogP contribution in [0.4, 0.5) is 0 Å². The predicted octanol–water partition coefficient (Wildman–Crippen LogP) is 4.32. The van der Waals surface area contributed by atoms with Crippen molar-refractivity contribution in [1.29, 1.82) is 0 Å². The lowest BCUT2D eigenvalue weighted by molar-refractivity contribution is 1.48. The van der Waals surface area contributed by atoms with Crippen LogP contribution in [0, 0.1) is 6.92 Å². The van der Waals surface area contributed by atoms with Crippen molar-refractivity contribution in [2.45, 2.75) is 14.4 Å². The molecule has 0 aliphatic heterocycles. The second kappa shape index (κ2) is 8.06. The van der Waals surface area contributed by atoms with Crippen LogP contribution in [-0.2, 0) is 0 Å². The standard InChI is InChI=1S/C7H8.C6H6.CH4/c1-7-5-3-2-4-6-7;1-2-4-6-5-3-1;/h2-6H,1H3;1-6H;1H4. The third-order valence-corrected chi connectivity index (χ3v) is 1.61. The number of hydrogen-bond acceptors (Lipinski definition) is 0. The zero-order chi connectivity index (χ0) is 9.36. The molecule has 0 atom stereocenters. The third kappa shape index (κ3) is 6.01. The normalized spacial score (nSPS) is 7.79. The smallest absolute Gasteiger partial charge is 0.0398 e. The molecule has 0 aromatic heterocycles. The zero-order valence-corrected chi connectivity index (χ0v) is 7.85. The Balaban J connectivity index is 0.000000227. The van der Waals surface area contributed by atoms with Gasteiger partial charge in [0.05, 0.1) is 0 Å². The van der Waals surface area contributed by atoms with E-state index in [2.05, 4.69) is 19.1 Å². The quantitative estimate of drug-likeness (QED) is 0.575. The van der Waals surface area contributed by atoms with Crippen LogP contribution in [0.2, 0.25) is 0 Å². The predicted molar refractivity (Wildman–Crippen MR) is 64.4 cm³/mol. The maximum absolute atomic E-state index is 2.08. The first-order valence-corrected chi connectivity index (χ1v) is 4.41. The summed E-state index contributed by atoms with van der Waals surface area (Å²) in [5.41, 5.74) is 1.32. The monoisotopic (exact) mass is 186 g/mol. The Kier molecular flexibility index (Phi) is 7.16. The summed E-state index contributed by atoms with van der Waals surface area (Å²) in [6.07, 6.45) is 0. The van der Waals surface area contributed by atoms with E-state index in [-0.39, 0.29) is 7.43 Å². The molecule has 0 amide bonds. The Hall–Kier alpha value is -1.56. The molecule has 0 bridgehead atoms. The highest BCUT2D eigenvalue weighted by molar-refractivity contribution is 5.11. The largest absolute Gasteiger partial charge is 0.0776 e. The van der Waals surface area contributed by atoms with Crippen molar-refractivity contribution >= 4 is 0 Å². The maximum Gasteiger partial charge on any atom is -0.0398 e. The lowest BCUT2D eigenvalue weighted by atomic mass is 10.2. The Morgan fingerprint density at radius 2 is 0.857 bits per heavy atom. The van der Waals surface area contributed by atoms with E-state index in [4.69, 9.17) is 0 Å². The van der Waals surface area contributed by atoms with Gasteiger partial charge in [-0.05, 0) is 6.92 Å². The van der Waals surface area contributed by atoms with Crippen LogP contribution in [-0.4, -0.2) is 0 Å². The summed E-state index contributed by atoms with van der Waals surface area (Å²) in [5.74, 6) is 0. The van der Waals surface area contributed by atoms with Crippen LogP contribution in [0.5, 0.6) is 0 Å². The average Bonchev–Trinajstić information content (AvgIpc) is 2.22. The van der Waals surface area contributed by atoms with Crippen LogP contribution < -0.4 is 0 Å². The first-order valence-electron chi connectivity index (χ1n) is 4.41. The summed E-state index contributed by atoms with van der Waals surface area (Å²) in [6.45, 7) is 2.08. The topological polar surface area (TPSA) is 0 Å². The molecule has 74 valence electrons. The van der Waals surface area contributed by atoms with Crippen molar-refractivity contribution in [2.24, 2.45) is 0 Å². The Morgan fingerprint density at radius 3 is 1.07 bits per heavy atom. The molecule has 0 nitrogen and oxygen atoms in total. The van der Waals surface area contributed by atoms with Gasteiger partial charge >= 0.3 is 0 Å². The summed E-state index contributed by atoms with van der Waals surface area (Å²) in [5, 5.41) is 0. The van der Waals surface area contributed by atoms with E-state index >= 15 is 0 Å². The van der Waals surface area contributed by atoms with Crippen molar-refractivity contribution < 1.29 is 0 Å². The Labute approximate surface area is 87.2 Å². The van der Waals surface area contributed by atoms with Crippen LogP contribution in [0.25, 0.3) is 0 Å². The molecule has 0 fully saturated rings. The Bertz CT molecular complexity index is 271. The van der Waals surface area contributed by atoms with Gasteiger partial charge in [-0.3, -0.25) is 0 Å².